The predicted molar refractivity (Wildman–Crippen MR) is 80.7 cm³/mol. The van der Waals surface area contributed by atoms with Crippen molar-refractivity contribution in [1.29, 1.82) is 0 Å². The number of halogens is 2. The second kappa shape index (κ2) is 7.61. The fourth-order valence-electron chi connectivity index (χ4n) is 1.47. The van der Waals surface area contributed by atoms with E-state index in [1.165, 1.54) is 0 Å². The lowest BCUT2D eigenvalue weighted by atomic mass is 10.00. The van der Waals surface area contributed by atoms with Crippen molar-refractivity contribution in [1.82, 2.24) is 0 Å². The summed E-state index contributed by atoms with van der Waals surface area (Å²) in [6, 6.07) is 5.66. The highest BCUT2D eigenvalue weighted by Gasteiger charge is 2.16. The molecule has 3 N–H and O–H groups in total. The van der Waals surface area contributed by atoms with Crippen molar-refractivity contribution in [3.05, 3.63) is 28.2 Å². The molecule has 1 unspecified atom stereocenters. The molecule has 5 heteroatoms. The zero-order valence-electron chi connectivity index (χ0n) is 10.5. The maximum atomic E-state index is 9.74. The molecule has 0 saturated heterocycles. The van der Waals surface area contributed by atoms with Crippen molar-refractivity contribution in [2.24, 2.45) is 5.73 Å². The summed E-state index contributed by atoms with van der Waals surface area (Å²) in [6.07, 6.45) is 2.75. The van der Waals surface area contributed by atoms with Gasteiger partial charge in [0.05, 0.1) is 15.6 Å². The number of nitrogens with two attached hydrogens (primary N) is 1. The van der Waals surface area contributed by atoms with Gasteiger partial charge in [-0.2, -0.15) is 0 Å². The molecule has 0 heterocycles. The van der Waals surface area contributed by atoms with Gasteiger partial charge in [-0.25, -0.2) is 0 Å². The van der Waals surface area contributed by atoms with Gasteiger partial charge in [-0.1, -0.05) is 23.2 Å². The van der Waals surface area contributed by atoms with Gasteiger partial charge in [-0.15, -0.1) is 11.8 Å². The lowest BCUT2D eigenvalue weighted by molar-refractivity contribution is 0.0577. The first-order valence-electron chi connectivity index (χ1n) is 5.95. The van der Waals surface area contributed by atoms with Crippen LogP contribution >= 0.6 is 35.0 Å². The Morgan fingerprint density at radius 3 is 2.61 bits per heavy atom. The summed E-state index contributed by atoms with van der Waals surface area (Å²) >= 11 is 13.5. The van der Waals surface area contributed by atoms with E-state index in [1.807, 2.05) is 18.2 Å². The van der Waals surface area contributed by atoms with Gasteiger partial charge in [0.1, 0.15) is 0 Å². The lowest BCUT2D eigenvalue weighted by Crippen LogP contribution is -2.33. The molecule has 0 fully saturated rings. The summed E-state index contributed by atoms with van der Waals surface area (Å²) in [7, 11) is 0. The molecule has 0 aliphatic rings. The van der Waals surface area contributed by atoms with Crippen molar-refractivity contribution in [2.45, 2.75) is 36.7 Å². The molecule has 0 amide bonds. The normalized spacial score (nSPS) is 14.5. The van der Waals surface area contributed by atoms with Crippen LogP contribution in [-0.4, -0.2) is 23.0 Å². The molecule has 102 valence electrons. The third-order valence-corrected chi connectivity index (χ3v) is 4.53. The molecular weight excluding hydrogens is 289 g/mol. The van der Waals surface area contributed by atoms with Crippen LogP contribution in [0.4, 0.5) is 0 Å². The van der Waals surface area contributed by atoms with Crippen molar-refractivity contribution in [2.75, 3.05) is 12.3 Å². The number of unbranched alkanes of at least 4 members (excludes halogenated alkanes) is 1. The van der Waals surface area contributed by atoms with Crippen LogP contribution in [-0.2, 0) is 0 Å². The highest BCUT2D eigenvalue weighted by atomic mass is 35.5. The molecule has 18 heavy (non-hydrogen) atoms. The van der Waals surface area contributed by atoms with E-state index in [2.05, 4.69) is 0 Å². The number of hydrogen-bond donors (Lipinski definition) is 2. The highest BCUT2D eigenvalue weighted by Crippen LogP contribution is 2.28. The quantitative estimate of drug-likeness (QED) is 0.592. The first-order valence-corrected chi connectivity index (χ1v) is 7.69. The maximum Gasteiger partial charge on any atom is 0.0741 e. The minimum Gasteiger partial charge on any atom is -0.389 e. The molecule has 0 spiro atoms. The van der Waals surface area contributed by atoms with Crippen LogP contribution in [0.15, 0.2) is 23.1 Å². The predicted octanol–water partition coefficient (Wildman–Crippen LogP) is 3.97. The fourth-order valence-corrected chi connectivity index (χ4v) is 2.78. The standard InChI is InChI=1S/C13H19Cl2NOS/c1-13(17,9-16)6-2-3-7-18-10-4-5-11(14)12(15)8-10/h4-5,8,17H,2-3,6-7,9,16H2,1H3. The van der Waals surface area contributed by atoms with E-state index in [9.17, 15) is 5.11 Å². The van der Waals surface area contributed by atoms with Crippen LogP contribution in [0.2, 0.25) is 10.0 Å². The van der Waals surface area contributed by atoms with E-state index in [0.29, 0.717) is 16.6 Å². The topological polar surface area (TPSA) is 46.2 Å². The van der Waals surface area contributed by atoms with E-state index in [0.717, 1.165) is 29.9 Å². The van der Waals surface area contributed by atoms with Gasteiger partial charge < -0.3 is 10.8 Å². The average Bonchev–Trinajstić information content (AvgIpc) is 2.33. The molecule has 0 aliphatic carbocycles. The Morgan fingerprint density at radius 1 is 1.28 bits per heavy atom. The van der Waals surface area contributed by atoms with Gasteiger partial charge >= 0.3 is 0 Å². The van der Waals surface area contributed by atoms with Gasteiger partial charge in [0.25, 0.3) is 0 Å². The minimum atomic E-state index is -0.728. The summed E-state index contributed by atoms with van der Waals surface area (Å²) < 4.78 is 0. The van der Waals surface area contributed by atoms with Gasteiger partial charge in [-0.05, 0) is 50.1 Å². The highest BCUT2D eigenvalue weighted by molar-refractivity contribution is 7.99. The molecule has 0 bridgehead atoms. The van der Waals surface area contributed by atoms with Gasteiger partial charge in [0.2, 0.25) is 0 Å². The molecule has 0 radical (unpaired) electrons. The lowest BCUT2D eigenvalue weighted by Gasteiger charge is -2.20. The van der Waals surface area contributed by atoms with E-state index < -0.39 is 5.60 Å². The minimum absolute atomic E-state index is 0.312. The van der Waals surface area contributed by atoms with Crippen LogP contribution in [0.25, 0.3) is 0 Å². The summed E-state index contributed by atoms with van der Waals surface area (Å²) in [5, 5.41) is 10.9. The van der Waals surface area contributed by atoms with Crippen LogP contribution in [0, 0.1) is 0 Å². The van der Waals surface area contributed by atoms with E-state index in [4.69, 9.17) is 28.9 Å². The third-order valence-electron chi connectivity index (χ3n) is 2.71. The number of hydrogen-bond acceptors (Lipinski definition) is 3. The zero-order chi connectivity index (χ0) is 13.6. The Bertz CT molecular complexity index is 385. The van der Waals surface area contributed by atoms with Gasteiger partial charge in [0.15, 0.2) is 0 Å². The summed E-state index contributed by atoms with van der Waals surface area (Å²) in [6.45, 7) is 2.09. The Labute approximate surface area is 123 Å². The third kappa shape index (κ3) is 5.81. The summed E-state index contributed by atoms with van der Waals surface area (Å²) in [5.74, 6) is 0.999. The van der Waals surface area contributed by atoms with Crippen LogP contribution < -0.4 is 5.73 Å². The van der Waals surface area contributed by atoms with Crippen molar-refractivity contribution in [3.8, 4) is 0 Å². The number of benzene rings is 1. The Balaban J connectivity index is 2.24. The van der Waals surface area contributed by atoms with Crippen molar-refractivity contribution < 1.29 is 5.11 Å². The van der Waals surface area contributed by atoms with Gasteiger partial charge in [-0.3, -0.25) is 0 Å². The van der Waals surface area contributed by atoms with Crippen molar-refractivity contribution in [3.63, 3.8) is 0 Å². The monoisotopic (exact) mass is 307 g/mol. The van der Waals surface area contributed by atoms with E-state index in [-0.39, 0.29) is 0 Å². The number of thioether (sulfide) groups is 1. The number of rotatable bonds is 7. The van der Waals surface area contributed by atoms with Crippen molar-refractivity contribution >= 4 is 35.0 Å². The van der Waals surface area contributed by atoms with Crippen LogP contribution in [0.5, 0.6) is 0 Å². The molecular formula is C13H19Cl2NOS. The van der Waals surface area contributed by atoms with Gasteiger partial charge in [0, 0.05) is 11.4 Å². The second-order valence-electron chi connectivity index (χ2n) is 4.58. The molecule has 0 aromatic heterocycles. The number of aliphatic hydroxyl groups is 1. The fraction of sp³-hybridized carbons (Fsp3) is 0.538. The summed E-state index contributed by atoms with van der Waals surface area (Å²) in [4.78, 5) is 1.12. The smallest absolute Gasteiger partial charge is 0.0741 e. The molecule has 1 atom stereocenters. The Morgan fingerprint density at radius 2 is 2.00 bits per heavy atom. The zero-order valence-corrected chi connectivity index (χ0v) is 12.8. The SMILES string of the molecule is CC(O)(CN)CCCCSc1ccc(Cl)c(Cl)c1. The first-order chi connectivity index (χ1) is 8.44. The van der Waals surface area contributed by atoms with Crippen LogP contribution in [0.3, 0.4) is 0 Å². The largest absolute Gasteiger partial charge is 0.389 e. The molecule has 1 rings (SSSR count). The molecule has 1 aromatic carbocycles. The molecule has 0 saturated carbocycles. The summed E-state index contributed by atoms with van der Waals surface area (Å²) in [5.41, 5.74) is 4.73. The Hall–Kier alpha value is 0.0700. The van der Waals surface area contributed by atoms with E-state index in [1.54, 1.807) is 18.7 Å². The molecule has 2 nitrogen and oxygen atoms in total. The van der Waals surface area contributed by atoms with Crippen LogP contribution in [0.1, 0.15) is 26.2 Å². The molecule has 1 aromatic rings. The second-order valence-corrected chi connectivity index (χ2v) is 6.57. The van der Waals surface area contributed by atoms with E-state index >= 15 is 0 Å². The first kappa shape index (κ1) is 16.1. The Kier molecular flexibility index (Phi) is 6.82. The average molecular weight is 308 g/mol. The maximum absolute atomic E-state index is 9.74. The molecule has 0 aliphatic heterocycles.